The van der Waals surface area contributed by atoms with Gasteiger partial charge in [-0.3, -0.25) is 0 Å². The molecule has 2 nitrogen and oxygen atoms in total. The predicted octanol–water partition coefficient (Wildman–Crippen LogP) is 4.57. The fourth-order valence-electron chi connectivity index (χ4n) is 5.51. The van der Waals surface area contributed by atoms with Crippen molar-refractivity contribution in [3.63, 3.8) is 0 Å². The molecule has 0 amide bonds. The van der Waals surface area contributed by atoms with Crippen molar-refractivity contribution in [3.8, 4) is 5.75 Å². The Morgan fingerprint density at radius 3 is 2.83 bits per heavy atom. The molecule has 1 heterocycles. The van der Waals surface area contributed by atoms with E-state index >= 15 is 0 Å². The van der Waals surface area contributed by atoms with Crippen LogP contribution >= 0.6 is 0 Å². The summed E-state index contributed by atoms with van der Waals surface area (Å²) in [7, 11) is 0. The maximum absolute atomic E-state index is 10.00. The van der Waals surface area contributed by atoms with E-state index in [1.54, 1.807) is 0 Å². The summed E-state index contributed by atoms with van der Waals surface area (Å²) in [6.45, 7) is 6.28. The summed E-state index contributed by atoms with van der Waals surface area (Å²) in [4.78, 5) is 2.76. The predicted molar refractivity (Wildman–Crippen MR) is 94.7 cm³/mol. The first-order valence-corrected chi connectivity index (χ1v) is 9.67. The lowest BCUT2D eigenvalue weighted by Gasteiger charge is -2.53. The summed E-state index contributed by atoms with van der Waals surface area (Å²) >= 11 is 0. The van der Waals surface area contributed by atoms with Gasteiger partial charge in [-0.1, -0.05) is 31.9 Å². The molecule has 1 aromatic carbocycles. The van der Waals surface area contributed by atoms with Gasteiger partial charge >= 0.3 is 0 Å². The molecule has 126 valence electrons. The molecule has 2 heteroatoms. The summed E-state index contributed by atoms with van der Waals surface area (Å²) < 4.78 is 0. The van der Waals surface area contributed by atoms with Gasteiger partial charge in [0, 0.05) is 18.5 Å². The fourth-order valence-corrected chi connectivity index (χ4v) is 5.51. The van der Waals surface area contributed by atoms with Gasteiger partial charge in [-0.05, 0) is 74.1 Å². The van der Waals surface area contributed by atoms with E-state index in [1.165, 1.54) is 70.1 Å². The third-order valence-corrected chi connectivity index (χ3v) is 7.02. The maximum Gasteiger partial charge on any atom is 0.115 e. The Labute approximate surface area is 140 Å². The van der Waals surface area contributed by atoms with Crippen LogP contribution in [0.15, 0.2) is 24.3 Å². The number of rotatable bonds is 3. The van der Waals surface area contributed by atoms with Gasteiger partial charge in [0.15, 0.2) is 0 Å². The Morgan fingerprint density at radius 1 is 1.22 bits per heavy atom. The minimum absolute atomic E-state index is 0.312. The molecule has 3 fully saturated rings. The van der Waals surface area contributed by atoms with Gasteiger partial charge in [0.05, 0.1) is 0 Å². The molecule has 1 saturated heterocycles. The third kappa shape index (κ3) is 2.91. The van der Waals surface area contributed by atoms with Crippen LogP contribution in [0.4, 0.5) is 0 Å². The highest BCUT2D eigenvalue weighted by Crippen LogP contribution is 2.51. The van der Waals surface area contributed by atoms with Crippen molar-refractivity contribution in [2.24, 2.45) is 17.8 Å². The first kappa shape index (κ1) is 15.5. The van der Waals surface area contributed by atoms with Gasteiger partial charge in [0.2, 0.25) is 0 Å². The van der Waals surface area contributed by atoms with E-state index in [4.69, 9.17) is 0 Å². The minimum Gasteiger partial charge on any atom is -0.508 e. The molecule has 23 heavy (non-hydrogen) atoms. The van der Waals surface area contributed by atoms with Crippen LogP contribution in [0, 0.1) is 17.8 Å². The van der Waals surface area contributed by atoms with E-state index in [9.17, 15) is 5.11 Å². The zero-order valence-electron chi connectivity index (χ0n) is 14.5. The van der Waals surface area contributed by atoms with Gasteiger partial charge in [0.1, 0.15) is 5.75 Å². The zero-order valence-corrected chi connectivity index (χ0v) is 14.5. The number of nitrogens with zero attached hydrogens (tertiary/aromatic N) is 1. The van der Waals surface area contributed by atoms with Gasteiger partial charge in [0.25, 0.3) is 0 Å². The number of benzene rings is 1. The quantitative estimate of drug-likeness (QED) is 0.883. The van der Waals surface area contributed by atoms with Crippen molar-refractivity contribution in [1.82, 2.24) is 4.90 Å². The van der Waals surface area contributed by atoms with E-state index in [1.807, 2.05) is 18.2 Å². The third-order valence-electron chi connectivity index (χ3n) is 7.02. The average molecular weight is 313 g/mol. The maximum atomic E-state index is 10.00. The molecular formula is C21H31NO. The Hall–Kier alpha value is -1.02. The van der Waals surface area contributed by atoms with Gasteiger partial charge < -0.3 is 10.0 Å². The molecule has 0 radical (unpaired) electrons. The topological polar surface area (TPSA) is 23.5 Å². The summed E-state index contributed by atoms with van der Waals surface area (Å²) in [5.74, 6) is 3.00. The molecule has 0 bridgehead atoms. The Kier molecular flexibility index (Phi) is 4.13. The average Bonchev–Trinajstić information content (AvgIpc) is 2.51. The fraction of sp³-hybridized carbons (Fsp3) is 0.714. The number of hydrogen-bond donors (Lipinski definition) is 1. The highest BCUT2D eigenvalue weighted by Gasteiger charge is 2.47. The van der Waals surface area contributed by atoms with Crippen LogP contribution in [-0.2, 0) is 5.41 Å². The largest absolute Gasteiger partial charge is 0.508 e. The first-order valence-electron chi connectivity index (χ1n) is 9.67. The Morgan fingerprint density at radius 2 is 2.09 bits per heavy atom. The molecule has 3 aliphatic rings. The van der Waals surface area contributed by atoms with Crippen LogP contribution in [0.5, 0.6) is 5.75 Å². The molecule has 2 aliphatic carbocycles. The van der Waals surface area contributed by atoms with Crippen molar-refractivity contribution in [1.29, 1.82) is 0 Å². The number of phenolic OH excluding ortho intramolecular Hbond substituents is 1. The van der Waals surface area contributed by atoms with E-state index in [0.717, 1.165) is 17.8 Å². The van der Waals surface area contributed by atoms with Crippen molar-refractivity contribution in [2.45, 2.75) is 57.3 Å². The number of piperidine rings is 1. The van der Waals surface area contributed by atoms with E-state index in [0.29, 0.717) is 11.2 Å². The summed E-state index contributed by atoms with van der Waals surface area (Å²) in [6.07, 6.45) is 9.68. The number of likely N-dealkylation sites (tertiary alicyclic amines) is 1. The SMILES string of the molecule is C[C@H]1CC[C@H]2CN(CC3CCC3)CC[C@@]2(c2cccc(O)c2)C1. The molecule has 0 aromatic heterocycles. The molecule has 1 aromatic rings. The number of hydrogen-bond acceptors (Lipinski definition) is 2. The monoisotopic (exact) mass is 313 g/mol. The molecule has 1 aliphatic heterocycles. The highest BCUT2D eigenvalue weighted by molar-refractivity contribution is 5.35. The second kappa shape index (κ2) is 6.12. The van der Waals surface area contributed by atoms with Crippen LogP contribution in [-0.4, -0.2) is 29.6 Å². The number of aromatic hydroxyl groups is 1. The normalized spacial score (nSPS) is 35.5. The van der Waals surface area contributed by atoms with Crippen molar-refractivity contribution >= 4 is 0 Å². The lowest BCUT2D eigenvalue weighted by atomic mass is 9.57. The smallest absolute Gasteiger partial charge is 0.115 e. The van der Waals surface area contributed by atoms with Crippen LogP contribution in [0.3, 0.4) is 0 Å². The molecule has 2 saturated carbocycles. The van der Waals surface area contributed by atoms with E-state index < -0.39 is 0 Å². The lowest BCUT2D eigenvalue weighted by molar-refractivity contribution is 0.0248. The van der Waals surface area contributed by atoms with Gasteiger partial charge in [-0.2, -0.15) is 0 Å². The molecule has 4 rings (SSSR count). The molecule has 1 N–H and O–H groups in total. The van der Waals surface area contributed by atoms with Crippen LogP contribution in [0.25, 0.3) is 0 Å². The van der Waals surface area contributed by atoms with E-state index in [2.05, 4.69) is 17.9 Å². The lowest BCUT2D eigenvalue weighted by Crippen LogP contribution is -2.53. The van der Waals surface area contributed by atoms with E-state index in [-0.39, 0.29) is 0 Å². The number of phenols is 1. The molecule has 0 spiro atoms. The second-order valence-electron chi connectivity index (χ2n) is 8.60. The van der Waals surface area contributed by atoms with Gasteiger partial charge in [-0.25, -0.2) is 0 Å². The molecule has 0 unspecified atom stereocenters. The minimum atomic E-state index is 0.312. The van der Waals surface area contributed by atoms with Crippen LogP contribution in [0.2, 0.25) is 0 Å². The summed E-state index contributed by atoms with van der Waals surface area (Å²) in [6, 6.07) is 8.17. The Balaban J connectivity index is 1.57. The first-order chi connectivity index (χ1) is 11.2. The molecular weight excluding hydrogens is 282 g/mol. The second-order valence-corrected chi connectivity index (χ2v) is 8.60. The zero-order chi connectivity index (χ0) is 15.9. The van der Waals surface area contributed by atoms with Crippen molar-refractivity contribution in [2.75, 3.05) is 19.6 Å². The van der Waals surface area contributed by atoms with Crippen LogP contribution < -0.4 is 0 Å². The van der Waals surface area contributed by atoms with Crippen molar-refractivity contribution < 1.29 is 5.11 Å². The van der Waals surface area contributed by atoms with Gasteiger partial charge in [-0.15, -0.1) is 0 Å². The van der Waals surface area contributed by atoms with Crippen molar-refractivity contribution in [3.05, 3.63) is 29.8 Å². The summed E-state index contributed by atoms with van der Waals surface area (Å²) in [5.41, 5.74) is 1.71. The highest BCUT2D eigenvalue weighted by atomic mass is 16.3. The standard InChI is InChI=1S/C21H31NO/c1-16-8-9-19-15-22(14-17-4-2-5-17)11-10-21(19,13-16)18-6-3-7-20(23)12-18/h3,6-7,12,16-17,19,23H,2,4-5,8-11,13-15H2,1H3/t16-,19-,21-/m0/s1. The summed E-state index contributed by atoms with van der Waals surface area (Å²) in [5, 5.41) is 10.00. The number of fused-ring (bicyclic) bond motifs is 1. The molecule has 3 atom stereocenters. The van der Waals surface area contributed by atoms with Crippen LogP contribution in [0.1, 0.15) is 57.4 Å². The Bertz CT molecular complexity index is 553.